The molecule has 0 atom stereocenters. The molecule has 0 radical (unpaired) electrons. The molecule has 27 heavy (non-hydrogen) atoms. The number of rotatable bonds is 4. The zero-order valence-electron chi connectivity index (χ0n) is 15.3. The number of benzene rings is 1. The molecule has 1 aromatic heterocycles. The van der Waals surface area contributed by atoms with Gasteiger partial charge in [0.05, 0.1) is 22.0 Å². The fourth-order valence-corrected chi connectivity index (χ4v) is 2.40. The van der Waals surface area contributed by atoms with E-state index in [4.69, 9.17) is 11.5 Å². The summed E-state index contributed by atoms with van der Waals surface area (Å²) in [6.45, 7) is 5.42. The first-order chi connectivity index (χ1) is 12.1. The second-order valence-corrected chi connectivity index (χ2v) is 5.66. The number of carbonyl (C=O) groups is 1. The van der Waals surface area contributed by atoms with Crippen molar-refractivity contribution in [2.75, 3.05) is 11.9 Å². The van der Waals surface area contributed by atoms with Gasteiger partial charge in [0, 0.05) is 18.7 Å². The molecular formula is C16H20ClN7O3. The van der Waals surface area contributed by atoms with E-state index in [0.29, 0.717) is 11.5 Å². The van der Waals surface area contributed by atoms with Gasteiger partial charge in [0.25, 0.3) is 11.6 Å². The molecule has 0 saturated carbocycles. The van der Waals surface area contributed by atoms with Crippen molar-refractivity contribution in [2.24, 2.45) is 16.5 Å². The highest BCUT2D eigenvalue weighted by atomic mass is 35.5. The minimum atomic E-state index is -0.760. The summed E-state index contributed by atoms with van der Waals surface area (Å²) in [5.41, 5.74) is 12.5. The largest absolute Gasteiger partial charge is 0.370 e. The fraction of sp³-hybridized carbons (Fsp3) is 0.250. The molecule has 0 bridgehead atoms. The maximum atomic E-state index is 11.9. The molecule has 2 aromatic rings. The van der Waals surface area contributed by atoms with Gasteiger partial charge in [0.15, 0.2) is 11.8 Å². The van der Waals surface area contributed by atoms with Crippen molar-refractivity contribution >= 4 is 41.5 Å². The maximum Gasteiger partial charge on any atom is 0.293 e. The van der Waals surface area contributed by atoms with Gasteiger partial charge in [-0.1, -0.05) is 0 Å². The SMILES string of the molecule is Cc1nc(C)c(N(C)c2ccc(C(=O)N=C(N)N)cc2[N+](=O)[O-])nc1C.Cl. The van der Waals surface area contributed by atoms with Crippen LogP contribution in [-0.2, 0) is 0 Å². The Labute approximate surface area is 161 Å². The number of nitro benzene ring substituents is 1. The number of hydrogen-bond acceptors (Lipinski definition) is 6. The third-order valence-corrected chi connectivity index (χ3v) is 3.78. The van der Waals surface area contributed by atoms with Crippen LogP contribution in [0.2, 0.25) is 0 Å². The average Bonchev–Trinajstić information content (AvgIpc) is 2.56. The van der Waals surface area contributed by atoms with E-state index in [9.17, 15) is 14.9 Å². The lowest BCUT2D eigenvalue weighted by molar-refractivity contribution is -0.384. The van der Waals surface area contributed by atoms with Crippen LogP contribution in [0, 0.1) is 30.9 Å². The summed E-state index contributed by atoms with van der Waals surface area (Å²) in [5.74, 6) is -0.691. The zero-order valence-corrected chi connectivity index (χ0v) is 16.1. The van der Waals surface area contributed by atoms with Crippen LogP contribution < -0.4 is 16.4 Å². The summed E-state index contributed by atoms with van der Waals surface area (Å²) in [6, 6.07) is 3.99. The zero-order chi connectivity index (χ0) is 19.6. The highest BCUT2D eigenvalue weighted by Crippen LogP contribution is 2.33. The van der Waals surface area contributed by atoms with Gasteiger partial charge in [-0.2, -0.15) is 4.99 Å². The monoisotopic (exact) mass is 393 g/mol. The Hall–Kier alpha value is -3.27. The van der Waals surface area contributed by atoms with E-state index in [1.807, 2.05) is 13.8 Å². The van der Waals surface area contributed by atoms with E-state index < -0.39 is 16.8 Å². The molecule has 144 valence electrons. The molecule has 2 rings (SSSR count). The van der Waals surface area contributed by atoms with Crippen LogP contribution in [0.3, 0.4) is 0 Å². The Balaban J connectivity index is 0.00000364. The summed E-state index contributed by atoms with van der Waals surface area (Å²) >= 11 is 0. The number of halogens is 1. The van der Waals surface area contributed by atoms with Gasteiger partial charge in [0.2, 0.25) is 0 Å². The molecule has 4 N–H and O–H groups in total. The Bertz CT molecular complexity index is 926. The topological polar surface area (TPSA) is 154 Å². The molecule has 11 heteroatoms. The van der Waals surface area contributed by atoms with Crippen LogP contribution in [0.25, 0.3) is 0 Å². The fourth-order valence-electron chi connectivity index (χ4n) is 2.40. The van der Waals surface area contributed by atoms with Crippen LogP contribution in [0.4, 0.5) is 17.2 Å². The van der Waals surface area contributed by atoms with Gasteiger partial charge < -0.3 is 16.4 Å². The molecule has 0 aliphatic carbocycles. The first-order valence-corrected chi connectivity index (χ1v) is 7.59. The number of aliphatic imine (C=N–C) groups is 1. The van der Waals surface area contributed by atoms with Crippen molar-refractivity contribution in [1.29, 1.82) is 0 Å². The number of carbonyl (C=O) groups excluding carboxylic acids is 1. The van der Waals surface area contributed by atoms with Crippen LogP contribution in [0.1, 0.15) is 27.4 Å². The van der Waals surface area contributed by atoms with Gasteiger partial charge in [-0.25, -0.2) is 4.98 Å². The normalized spacial score (nSPS) is 9.93. The summed E-state index contributed by atoms with van der Waals surface area (Å²) in [7, 11) is 1.64. The quantitative estimate of drug-likeness (QED) is 0.345. The minimum absolute atomic E-state index is 0. The number of aryl methyl sites for hydroxylation is 3. The predicted octanol–water partition coefficient (Wildman–Crippen LogP) is 1.91. The van der Waals surface area contributed by atoms with Gasteiger partial charge >= 0.3 is 0 Å². The summed E-state index contributed by atoms with van der Waals surface area (Å²) in [6.07, 6.45) is 0. The predicted molar refractivity (Wildman–Crippen MR) is 105 cm³/mol. The van der Waals surface area contributed by atoms with E-state index in [-0.39, 0.29) is 29.3 Å². The molecule has 0 aliphatic heterocycles. The lowest BCUT2D eigenvalue weighted by Gasteiger charge is -2.21. The number of nitro groups is 1. The van der Waals surface area contributed by atoms with Crippen molar-refractivity contribution in [3.8, 4) is 0 Å². The lowest BCUT2D eigenvalue weighted by atomic mass is 10.1. The number of nitrogens with zero attached hydrogens (tertiary/aromatic N) is 5. The van der Waals surface area contributed by atoms with E-state index in [1.54, 1.807) is 18.9 Å². The van der Waals surface area contributed by atoms with Crippen molar-refractivity contribution in [3.63, 3.8) is 0 Å². The Kier molecular flexibility index (Phi) is 6.78. The minimum Gasteiger partial charge on any atom is -0.370 e. The van der Waals surface area contributed by atoms with E-state index in [2.05, 4.69) is 15.0 Å². The van der Waals surface area contributed by atoms with E-state index in [1.165, 1.54) is 12.1 Å². The number of aromatic nitrogens is 2. The molecule has 0 fully saturated rings. The number of nitrogens with two attached hydrogens (primary N) is 2. The summed E-state index contributed by atoms with van der Waals surface area (Å²) in [4.78, 5) is 36.6. The summed E-state index contributed by atoms with van der Waals surface area (Å²) < 4.78 is 0. The second-order valence-electron chi connectivity index (χ2n) is 5.66. The molecular weight excluding hydrogens is 374 g/mol. The van der Waals surface area contributed by atoms with Crippen LogP contribution in [-0.4, -0.2) is 33.8 Å². The summed E-state index contributed by atoms with van der Waals surface area (Å²) in [5, 5.41) is 11.5. The van der Waals surface area contributed by atoms with Crippen molar-refractivity contribution < 1.29 is 9.72 Å². The molecule has 0 saturated heterocycles. The van der Waals surface area contributed by atoms with Crippen molar-refractivity contribution in [1.82, 2.24) is 9.97 Å². The number of anilines is 2. The highest BCUT2D eigenvalue weighted by Gasteiger charge is 2.23. The van der Waals surface area contributed by atoms with E-state index in [0.717, 1.165) is 17.5 Å². The average molecular weight is 394 g/mol. The molecule has 1 amide bonds. The molecule has 10 nitrogen and oxygen atoms in total. The lowest BCUT2D eigenvalue weighted by Crippen LogP contribution is -2.24. The van der Waals surface area contributed by atoms with Gasteiger partial charge in [-0.15, -0.1) is 12.4 Å². The molecule has 1 aromatic carbocycles. The first kappa shape index (κ1) is 21.8. The molecule has 0 aliphatic rings. The number of guanidine groups is 1. The first-order valence-electron chi connectivity index (χ1n) is 7.59. The highest BCUT2D eigenvalue weighted by molar-refractivity contribution is 6.02. The van der Waals surface area contributed by atoms with Crippen molar-refractivity contribution in [3.05, 3.63) is 51.0 Å². The molecule has 1 heterocycles. The second kappa shape index (κ2) is 8.41. The van der Waals surface area contributed by atoms with Gasteiger partial charge in [0.1, 0.15) is 5.69 Å². The van der Waals surface area contributed by atoms with Crippen molar-refractivity contribution in [2.45, 2.75) is 20.8 Å². The Morgan fingerprint density at radius 3 is 2.30 bits per heavy atom. The molecule has 0 spiro atoms. The smallest absolute Gasteiger partial charge is 0.293 e. The third-order valence-electron chi connectivity index (χ3n) is 3.78. The van der Waals surface area contributed by atoms with Gasteiger partial charge in [-0.3, -0.25) is 19.9 Å². The van der Waals surface area contributed by atoms with Crippen LogP contribution in [0.15, 0.2) is 23.2 Å². The maximum absolute atomic E-state index is 11.9. The third kappa shape index (κ3) is 4.67. The van der Waals surface area contributed by atoms with Crippen LogP contribution >= 0.6 is 12.4 Å². The Morgan fingerprint density at radius 2 is 1.74 bits per heavy atom. The van der Waals surface area contributed by atoms with Gasteiger partial charge in [-0.05, 0) is 32.9 Å². The Morgan fingerprint density at radius 1 is 1.15 bits per heavy atom. The van der Waals surface area contributed by atoms with E-state index >= 15 is 0 Å². The standard InChI is InChI=1S/C16H19N7O3.ClH/c1-8-9(2)20-14(10(3)19-8)22(4)12-6-5-11(7-13(12)23(25)26)15(24)21-16(17)18;/h5-7H,1-4H3,(H4,17,18,21,24);1H. The number of amides is 1. The number of hydrogen-bond donors (Lipinski definition) is 2. The molecule has 0 unspecified atom stereocenters. The van der Waals surface area contributed by atoms with Crippen LogP contribution in [0.5, 0.6) is 0 Å².